The van der Waals surface area contributed by atoms with E-state index < -0.39 is 0 Å². The van der Waals surface area contributed by atoms with Crippen LogP contribution in [0.25, 0.3) is 97.4 Å². The monoisotopic (exact) mass is 531 g/mol. The minimum absolute atomic E-state index is 1.01. The van der Waals surface area contributed by atoms with Crippen LogP contribution in [0.4, 0.5) is 0 Å². The molecule has 42 heavy (non-hydrogen) atoms. The van der Waals surface area contributed by atoms with E-state index in [-0.39, 0.29) is 0 Å². The van der Waals surface area contributed by atoms with Crippen LogP contribution in [0.15, 0.2) is 115 Å². The zero-order valence-electron chi connectivity index (χ0n) is 23.4. The van der Waals surface area contributed by atoms with E-state index in [1.165, 1.54) is 103 Å². The van der Waals surface area contributed by atoms with Crippen molar-refractivity contribution in [3.8, 4) is 11.3 Å². The standard InChI is InChI=1S/C41H25N/c1-22-14-25-15-23(2)17-36-33-20-31-30(19-32(33)35(16-22)39(25)36)29-18-24-8-7-11-27-26-9-3-4-10-28(26)41(40(24)27)37(29)21-34(31)38-12-5-6-13-42-38/h3-21H,1-2H3. The van der Waals surface area contributed by atoms with Crippen LogP contribution in [0.1, 0.15) is 11.1 Å². The fourth-order valence-corrected chi connectivity index (χ4v) is 7.97. The molecule has 0 bridgehead atoms. The lowest BCUT2D eigenvalue weighted by atomic mass is 9.90. The third kappa shape index (κ3) is 2.76. The average Bonchev–Trinajstić information content (AvgIpc) is 3.51. The third-order valence-electron chi connectivity index (χ3n) is 9.58. The molecule has 1 heteroatoms. The maximum Gasteiger partial charge on any atom is 0.0708 e. The van der Waals surface area contributed by atoms with Crippen LogP contribution in [-0.2, 0) is 0 Å². The van der Waals surface area contributed by atoms with E-state index in [0.717, 1.165) is 5.69 Å². The first-order valence-electron chi connectivity index (χ1n) is 14.7. The number of aromatic nitrogens is 1. The SMILES string of the molecule is Cc1cc2cc(C)cc3c4cc5c(cc4c(c1)c23)c(-c1ccccn1)cc1c5cc2cccc3c4ccccc4c1c23. The van der Waals surface area contributed by atoms with Gasteiger partial charge in [-0.05, 0) is 148 Å². The summed E-state index contributed by atoms with van der Waals surface area (Å²) in [7, 11) is 0. The first kappa shape index (κ1) is 22.4. The van der Waals surface area contributed by atoms with Crippen LogP contribution in [0.3, 0.4) is 0 Å². The van der Waals surface area contributed by atoms with Gasteiger partial charge in [0.15, 0.2) is 0 Å². The van der Waals surface area contributed by atoms with Gasteiger partial charge in [-0.15, -0.1) is 0 Å². The number of aryl methyl sites for hydroxylation is 2. The van der Waals surface area contributed by atoms with E-state index in [9.17, 15) is 0 Å². The van der Waals surface area contributed by atoms with Crippen molar-refractivity contribution in [3.63, 3.8) is 0 Å². The highest BCUT2D eigenvalue weighted by atomic mass is 14.7. The van der Waals surface area contributed by atoms with E-state index >= 15 is 0 Å². The van der Waals surface area contributed by atoms with Crippen molar-refractivity contribution >= 4 is 86.2 Å². The fraction of sp³-hybridized carbons (Fsp3) is 0.0488. The number of nitrogens with zero attached hydrogens (tertiary/aromatic N) is 1. The molecule has 0 fully saturated rings. The minimum Gasteiger partial charge on any atom is -0.256 e. The lowest BCUT2D eigenvalue weighted by molar-refractivity contribution is 1.34. The molecular formula is C41H25N. The highest BCUT2D eigenvalue weighted by Gasteiger charge is 2.20. The molecule has 0 N–H and O–H groups in total. The van der Waals surface area contributed by atoms with Crippen molar-refractivity contribution < 1.29 is 0 Å². The van der Waals surface area contributed by atoms with Gasteiger partial charge in [-0.3, -0.25) is 4.98 Å². The smallest absolute Gasteiger partial charge is 0.0708 e. The number of hydrogen-bond acceptors (Lipinski definition) is 1. The van der Waals surface area contributed by atoms with E-state index in [1.807, 2.05) is 12.3 Å². The molecule has 0 radical (unpaired) electrons. The Labute approximate surface area is 242 Å². The van der Waals surface area contributed by atoms with Gasteiger partial charge in [0.25, 0.3) is 0 Å². The van der Waals surface area contributed by atoms with Gasteiger partial charge in [0.05, 0.1) is 5.69 Å². The average molecular weight is 532 g/mol. The topological polar surface area (TPSA) is 12.9 Å². The van der Waals surface area contributed by atoms with Crippen molar-refractivity contribution in [2.24, 2.45) is 0 Å². The highest BCUT2D eigenvalue weighted by molar-refractivity contribution is 6.40. The predicted octanol–water partition coefficient (Wildman–Crippen LogP) is 11.5. The molecule has 9 aromatic carbocycles. The lowest BCUT2D eigenvalue weighted by Gasteiger charge is -2.14. The summed E-state index contributed by atoms with van der Waals surface area (Å²) in [5, 5.41) is 21.2. The Bertz CT molecular complexity index is 2730. The van der Waals surface area contributed by atoms with Crippen molar-refractivity contribution in [2.45, 2.75) is 13.8 Å². The second-order valence-corrected chi connectivity index (χ2v) is 12.1. The molecule has 0 saturated carbocycles. The molecule has 0 saturated heterocycles. The first-order chi connectivity index (χ1) is 20.6. The summed E-state index contributed by atoms with van der Waals surface area (Å²) in [5.74, 6) is 0. The Balaban J connectivity index is 1.51. The second kappa shape index (κ2) is 7.72. The number of hydrogen-bond donors (Lipinski definition) is 0. The van der Waals surface area contributed by atoms with Crippen molar-refractivity contribution in [2.75, 3.05) is 0 Å². The summed E-state index contributed by atoms with van der Waals surface area (Å²) in [6.07, 6.45) is 1.91. The molecule has 1 aromatic heterocycles. The quantitative estimate of drug-likeness (QED) is 0.152. The summed E-state index contributed by atoms with van der Waals surface area (Å²) < 4.78 is 0. The number of rotatable bonds is 1. The molecule has 0 amide bonds. The fourth-order valence-electron chi connectivity index (χ4n) is 7.97. The molecule has 10 rings (SSSR count). The van der Waals surface area contributed by atoms with E-state index in [4.69, 9.17) is 4.98 Å². The van der Waals surface area contributed by atoms with Gasteiger partial charge in [-0.25, -0.2) is 0 Å². The first-order valence-corrected chi connectivity index (χ1v) is 14.7. The third-order valence-corrected chi connectivity index (χ3v) is 9.58. The van der Waals surface area contributed by atoms with Gasteiger partial charge < -0.3 is 0 Å². The van der Waals surface area contributed by atoms with Gasteiger partial charge in [0.2, 0.25) is 0 Å². The molecule has 0 atom stereocenters. The second-order valence-electron chi connectivity index (χ2n) is 12.1. The number of pyridine rings is 1. The van der Waals surface area contributed by atoms with Crippen LogP contribution < -0.4 is 0 Å². The zero-order chi connectivity index (χ0) is 27.7. The largest absolute Gasteiger partial charge is 0.256 e. The molecule has 0 aliphatic rings. The molecule has 0 unspecified atom stereocenters. The van der Waals surface area contributed by atoms with Crippen molar-refractivity contribution in [3.05, 3.63) is 127 Å². The predicted molar refractivity (Wildman–Crippen MR) is 182 cm³/mol. The Hall–Kier alpha value is -5.27. The summed E-state index contributed by atoms with van der Waals surface area (Å²) in [6, 6.07) is 41.1. The maximum absolute atomic E-state index is 4.88. The van der Waals surface area contributed by atoms with Crippen molar-refractivity contribution in [1.82, 2.24) is 4.98 Å². The molecule has 1 heterocycles. The summed E-state index contributed by atoms with van der Waals surface area (Å²) in [5.41, 5.74) is 4.80. The normalized spacial score (nSPS) is 12.5. The van der Waals surface area contributed by atoms with Gasteiger partial charge in [-0.1, -0.05) is 72.8 Å². The molecule has 0 aliphatic heterocycles. The van der Waals surface area contributed by atoms with Gasteiger partial charge in [-0.2, -0.15) is 0 Å². The molecule has 10 aromatic rings. The summed E-state index contributed by atoms with van der Waals surface area (Å²) in [4.78, 5) is 4.88. The van der Waals surface area contributed by atoms with Crippen LogP contribution in [0.2, 0.25) is 0 Å². The summed E-state index contributed by atoms with van der Waals surface area (Å²) in [6.45, 7) is 4.43. The number of benzene rings is 7. The summed E-state index contributed by atoms with van der Waals surface area (Å²) >= 11 is 0. The van der Waals surface area contributed by atoms with E-state index in [1.54, 1.807) is 0 Å². The molecule has 0 aliphatic carbocycles. The van der Waals surface area contributed by atoms with Gasteiger partial charge in [0.1, 0.15) is 0 Å². The lowest BCUT2D eigenvalue weighted by Crippen LogP contribution is -1.88. The Morgan fingerprint density at radius 1 is 0.381 bits per heavy atom. The van der Waals surface area contributed by atoms with Crippen LogP contribution in [-0.4, -0.2) is 4.98 Å². The Morgan fingerprint density at radius 3 is 1.76 bits per heavy atom. The molecule has 0 spiro atoms. The number of fused-ring (bicyclic) bond motifs is 10. The van der Waals surface area contributed by atoms with Gasteiger partial charge in [0, 0.05) is 11.8 Å². The minimum atomic E-state index is 1.01. The van der Waals surface area contributed by atoms with Crippen molar-refractivity contribution in [1.29, 1.82) is 0 Å². The molecule has 1 nitrogen and oxygen atoms in total. The maximum atomic E-state index is 4.88. The van der Waals surface area contributed by atoms with Crippen LogP contribution >= 0.6 is 0 Å². The Kier molecular flexibility index (Phi) is 4.12. The van der Waals surface area contributed by atoms with Crippen LogP contribution in [0.5, 0.6) is 0 Å². The van der Waals surface area contributed by atoms with E-state index in [2.05, 4.69) is 117 Å². The van der Waals surface area contributed by atoms with Gasteiger partial charge >= 0.3 is 0 Å². The van der Waals surface area contributed by atoms with E-state index in [0.29, 0.717) is 0 Å². The highest BCUT2D eigenvalue weighted by Crippen LogP contribution is 2.48. The van der Waals surface area contributed by atoms with Crippen LogP contribution in [0, 0.1) is 13.8 Å². The Morgan fingerprint density at radius 2 is 1.00 bits per heavy atom. The zero-order valence-corrected chi connectivity index (χ0v) is 23.4. The molecular weight excluding hydrogens is 506 g/mol. The molecule has 194 valence electrons.